The van der Waals surface area contributed by atoms with Crippen LogP contribution in [0.2, 0.25) is 0 Å². The van der Waals surface area contributed by atoms with Gasteiger partial charge in [-0.3, -0.25) is 14.3 Å². The van der Waals surface area contributed by atoms with Gasteiger partial charge in [-0.2, -0.15) is 11.8 Å². The molecule has 0 aliphatic heterocycles. The Hall–Kier alpha value is -1.95. The lowest BCUT2D eigenvalue weighted by Gasteiger charge is -2.11. The lowest BCUT2D eigenvalue weighted by Crippen LogP contribution is -2.31. The number of aromatic nitrogens is 2. The number of rotatable bonds is 6. The smallest absolute Gasteiger partial charge is 0.331 e. The Morgan fingerprint density at radius 3 is 2.57 bits per heavy atom. The van der Waals surface area contributed by atoms with E-state index in [9.17, 15) is 14.7 Å². The predicted molar refractivity (Wildman–Crippen MR) is 86.0 cm³/mol. The van der Waals surface area contributed by atoms with Crippen LogP contribution < -0.4 is 11.2 Å². The highest BCUT2D eigenvalue weighted by Crippen LogP contribution is 2.23. The van der Waals surface area contributed by atoms with Crippen LogP contribution in [0.4, 0.5) is 0 Å². The van der Waals surface area contributed by atoms with Crippen LogP contribution in [-0.4, -0.2) is 26.7 Å². The highest BCUT2D eigenvalue weighted by atomic mass is 32.2. The number of aromatic hydroxyl groups is 1. The lowest BCUT2D eigenvalue weighted by atomic mass is 10.1. The van der Waals surface area contributed by atoms with Crippen LogP contribution in [0, 0.1) is 0 Å². The van der Waals surface area contributed by atoms with Crippen molar-refractivity contribution >= 4 is 11.8 Å². The van der Waals surface area contributed by atoms with Gasteiger partial charge in [-0.1, -0.05) is 30.3 Å². The standard InChI is InChI=1S/C15H18N2O3S/c1-21-10-6-5-9-17-14(19)12(13(18)16-15(17)20)11-7-3-2-4-8-11/h2-4,7-8,19H,5-6,9-10H2,1H3,(H,16,18,20). The molecule has 5 nitrogen and oxygen atoms in total. The van der Waals surface area contributed by atoms with Crippen molar-refractivity contribution < 1.29 is 5.11 Å². The predicted octanol–water partition coefficient (Wildman–Crippen LogP) is 2.05. The van der Waals surface area contributed by atoms with Crippen molar-refractivity contribution in [3.8, 4) is 17.0 Å². The number of H-pyrrole nitrogens is 1. The summed E-state index contributed by atoms with van der Waals surface area (Å²) in [4.78, 5) is 26.1. The summed E-state index contributed by atoms with van der Waals surface area (Å²) in [6.07, 6.45) is 3.75. The molecule has 2 aromatic rings. The number of aromatic amines is 1. The Bertz CT molecular complexity index is 707. The van der Waals surface area contributed by atoms with Gasteiger partial charge in [0, 0.05) is 6.54 Å². The Kier molecular flexibility index (Phi) is 5.27. The molecule has 1 aromatic heterocycles. The minimum absolute atomic E-state index is 0.139. The highest BCUT2D eigenvalue weighted by Gasteiger charge is 2.15. The zero-order chi connectivity index (χ0) is 15.2. The molecule has 0 fully saturated rings. The molecule has 2 N–H and O–H groups in total. The molecule has 0 atom stereocenters. The zero-order valence-corrected chi connectivity index (χ0v) is 12.7. The fourth-order valence-corrected chi connectivity index (χ4v) is 2.64. The number of hydrogen-bond donors (Lipinski definition) is 2. The van der Waals surface area contributed by atoms with E-state index >= 15 is 0 Å². The number of hydrogen-bond acceptors (Lipinski definition) is 4. The van der Waals surface area contributed by atoms with Crippen molar-refractivity contribution in [2.75, 3.05) is 12.0 Å². The molecule has 112 valence electrons. The molecule has 1 aromatic carbocycles. The highest BCUT2D eigenvalue weighted by molar-refractivity contribution is 7.98. The first kappa shape index (κ1) is 15.4. The summed E-state index contributed by atoms with van der Waals surface area (Å²) in [5, 5.41) is 10.3. The van der Waals surface area contributed by atoms with Gasteiger partial charge in [0.15, 0.2) is 0 Å². The Morgan fingerprint density at radius 2 is 1.90 bits per heavy atom. The van der Waals surface area contributed by atoms with Crippen molar-refractivity contribution in [2.45, 2.75) is 19.4 Å². The topological polar surface area (TPSA) is 75.1 Å². The quantitative estimate of drug-likeness (QED) is 0.801. The summed E-state index contributed by atoms with van der Waals surface area (Å²) >= 11 is 1.74. The van der Waals surface area contributed by atoms with Gasteiger partial charge in [-0.25, -0.2) is 4.79 Å². The van der Waals surface area contributed by atoms with Crippen LogP contribution >= 0.6 is 11.8 Å². The maximum atomic E-state index is 12.0. The molecule has 0 unspecified atom stereocenters. The van der Waals surface area contributed by atoms with Gasteiger partial charge in [-0.05, 0) is 30.4 Å². The monoisotopic (exact) mass is 306 g/mol. The Labute approximate surface area is 126 Å². The van der Waals surface area contributed by atoms with Crippen LogP contribution in [0.5, 0.6) is 5.88 Å². The molecule has 2 rings (SSSR count). The summed E-state index contributed by atoms with van der Waals surface area (Å²) in [7, 11) is 0. The summed E-state index contributed by atoms with van der Waals surface area (Å²) in [6.45, 7) is 0.391. The molecule has 1 heterocycles. The van der Waals surface area contributed by atoms with Crippen LogP contribution in [0.3, 0.4) is 0 Å². The third-order valence-corrected chi connectivity index (χ3v) is 3.91. The second kappa shape index (κ2) is 7.17. The van der Waals surface area contributed by atoms with Crippen LogP contribution in [0.15, 0.2) is 39.9 Å². The summed E-state index contributed by atoms with van der Waals surface area (Å²) in [6, 6.07) is 8.84. The van der Waals surface area contributed by atoms with E-state index in [1.54, 1.807) is 36.0 Å². The maximum Gasteiger partial charge on any atom is 0.331 e. The van der Waals surface area contributed by atoms with E-state index in [2.05, 4.69) is 4.98 Å². The SMILES string of the molecule is CSCCCCn1c(O)c(-c2ccccc2)c(=O)[nH]c1=O. The van der Waals surface area contributed by atoms with E-state index in [-0.39, 0.29) is 11.4 Å². The van der Waals surface area contributed by atoms with Crippen LogP contribution in [0.25, 0.3) is 11.1 Å². The average molecular weight is 306 g/mol. The number of unbranched alkanes of at least 4 members (excludes halogenated alkanes) is 1. The van der Waals surface area contributed by atoms with E-state index in [0.717, 1.165) is 18.6 Å². The van der Waals surface area contributed by atoms with Gasteiger partial charge in [0.05, 0.1) is 0 Å². The Morgan fingerprint density at radius 1 is 1.19 bits per heavy atom. The van der Waals surface area contributed by atoms with E-state index < -0.39 is 11.2 Å². The first-order chi connectivity index (χ1) is 10.1. The molecule has 0 radical (unpaired) electrons. The maximum absolute atomic E-state index is 12.0. The second-order valence-electron chi connectivity index (χ2n) is 4.68. The number of thioether (sulfide) groups is 1. The third-order valence-electron chi connectivity index (χ3n) is 3.21. The largest absolute Gasteiger partial charge is 0.494 e. The third kappa shape index (κ3) is 3.58. The van der Waals surface area contributed by atoms with Crippen molar-refractivity contribution in [2.24, 2.45) is 0 Å². The average Bonchev–Trinajstić information content (AvgIpc) is 2.47. The number of benzene rings is 1. The van der Waals surface area contributed by atoms with Gasteiger partial charge >= 0.3 is 5.69 Å². The second-order valence-corrected chi connectivity index (χ2v) is 5.66. The zero-order valence-electron chi connectivity index (χ0n) is 11.8. The minimum atomic E-state index is -0.568. The van der Waals surface area contributed by atoms with Crippen molar-refractivity contribution in [3.63, 3.8) is 0 Å². The van der Waals surface area contributed by atoms with Gasteiger partial charge in [0.25, 0.3) is 5.56 Å². The van der Waals surface area contributed by atoms with Crippen molar-refractivity contribution in [1.29, 1.82) is 0 Å². The van der Waals surface area contributed by atoms with Crippen LogP contribution in [0.1, 0.15) is 12.8 Å². The number of nitrogens with one attached hydrogen (secondary N) is 1. The fraction of sp³-hybridized carbons (Fsp3) is 0.333. The first-order valence-electron chi connectivity index (χ1n) is 6.75. The fourth-order valence-electron chi connectivity index (χ4n) is 2.15. The van der Waals surface area contributed by atoms with E-state index in [0.29, 0.717) is 12.1 Å². The minimum Gasteiger partial charge on any atom is -0.494 e. The van der Waals surface area contributed by atoms with Crippen LogP contribution in [-0.2, 0) is 6.54 Å². The molecule has 0 amide bonds. The molecule has 0 aliphatic carbocycles. The van der Waals surface area contributed by atoms with E-state index in [4.69, 9.17) is 0 Å². The molecular formula is C15H18N2O3S. The van der Waals surface area contributed by atoms with Crippen molar-refractivity contribution in [1.82, 2.24) is 9.55 Å². The molecule has 21 heavy (non-hydrogen) atoms. The van der Waals surface area contributed by atoms with E-state index in [1.165, 1.54) is 4.57 Å². The molecule has 0 aliphatic rings. The van der Waals surface area contributed by atoms with Gasteiger partial charge in [0.2, 0.25) is 5.88 Å². The van der Waals surface area contributed by atoms with Crippen molar-refractivity contribution in [3.05, 3.63) is 51.2 Å². The van der Waals surface area contributed by atoms with E-state index in [1.807, 2.05) is 12.3 Å². The lowest BCUT2D eigenvalue weighted by molar-refractivity contribution is 0.398. The van der Waals surface area contributed by atoms with Gasteiger partial charge < -0.3 is 5.11 Å². The summed E-state index contributed by atoms with van der Waals surface area (Å²) < 4.78 is 1.23. The van der Waals surface area contributed by atoms with Gasteiger partial charge in [-0.15, -0.1) is 0 Å². The molecule has 0 saturated carbocycles. The molecule has 0 saturated heterocycles. The molecular weight excluding hydrogens is 288 g/mol. The molecule has 0 bridgehead atoms. The summed E-state index contributed by atoms with van der Waals surface area (Å²) in [5.74, 6) is 0.740. The summed E-state index contributed by atoms with van der Waals surface area (Å²) in [5.41, 5.74) is -0.403. The molecule has 0 spiro atoms. The molecule has 6 heteroatoms. The normalized spacial score (nSPS) is 10.7. The Balaban J connectivity index is 2.39. The number of nitrogens with zero attached hydrogens (tertiary/aromatic N) is 1. The first-order valence-corrected chi connectivity index (χ1v) is 8.15. The van der Waals surface area contributed by atoms with Gasteiger partial charge in [0.1, 0.15) is 5.56 Å².